The molecule has 0 atom stereocenters. The molecule has 1 aromatic heterocycles. The van der Waals surface area contributed by atoms with E-state index in [0.29, 0.717) is 4.99 Å². The molecule has 0 aliphatic rings. The Kier molecular flexibility index (Phi) is 3.17. The topological polar surface area (TPSA) is 50.9 Å². The van der Waals surface area contributed by atoms with Crippen LogP contribution >= 0.6 is 23.6 Å². The van der Waals surface area contributed by atoms with E-state index in [1.54, 1.807) is 11.3 Å². The van der Waals surface area contributed by atoms with E-state index in [4.69, 9.17) is 18.0 Å². The summed E-state index contributed by atoms with van der Waals surface area (Å²) in [6.07, 6.45) is 0. The molecule has 0 bridgehead atoms. The van der Waals surface area contributed by atoms with E-state index in [1.807, 2.05) is 36.6 Å². The Bertz CT molecular complexity index is 502. The van der Waals surface area contributed by atoms with Gasteiger partial charge in [0.15, 0.2) is 5.13 Å². The Morgan fingerprint density at radius 1 is 1.38 bits per heavy atom. The summed E-state index contributed by atoms with van der Waals surface area (Å²) in [6.45, 7) is 1.97. The molecule has 2 aromatic rings. The molecular weight excluding hydrogens is 238 g/mol. The molecule has 1 aromatic carbocycles. The first-order chi connectivity index (χ1) is 7.65. The second-order valence-corrected chi connectivity index (χ2v) is 4.66. The number of hydrogen-bond acceptors (Lipinski definition) is 4. The molecule has 0 saturated carbocycles. The number of aromatic nitrogens is 1. The SMILES string of the molecule is Cc1csc(Nc2ccc(C(N)=S)cc2)n1. The first kappa shape index (κ1) is 11.0. The third-order valence-corrected chi connectivity index (χ3v) is 3.15. The van der Waals surface area contributed by atoms with Gasteiger partial charge in [-0.2, -0.15) is 0 Å². The van der Waals surface area contributed by atoms with Gasteiger partial charge in [0.05, 0.1) is 5.69 Å². The fraction of sp³-hybridized carbons (Fsp3) is 0.0909. The molecule has 3 nitrogen and oxygen atoms in total. The maximum absolute atomic E-state index is 5.52. The van der Waals surface area contributed by atoms with Crippen LogP contribution < -0.4 is 11.1 Å². The molecule has 0 spiro atoms. The number of nitrogens with one attached hydrogen (secondary N) is 1. The van der Waals surface area contributed by atoms with Crippen molar-refractivity contribution in [3.05, 3.63) is 40.9 Å². The highest BCUT2D eigenvalue weighted by atomic mass is 32.1. The van der Waals surface area contributed by atoms with Gasteiger partial charge in [-0.1, -0.05) is 12.2 Å². The average molecular weight is 249 g/mol. The van der Waals surface area contributed by atoms with Gasteiger partial charge < -0.3 is 11.1 Å². The normalized spacial score (nSPS) is 10.1. The number of rotatable bonds is 3. The van der Waals surface area contributed by atoms with Crippen molar-refractivity contribution in [2.45, 2.75) is 6.92 Å². The molecule has 82 valence electrons. The minimum Gasteiger partial charge on any atom is -0.389 e. The molecule has 16 heavy (non-hydrogen) atoms. The third-order valence-electron chi connectivity index (χ3n) is 2.04. The predicted octanol–water partition coefficient (Wildman–Crippen LogP) is 2.83. The minimum atomic E-state index is 0.414. The van der Waals surface area contributed by atoms with Crippen molar-refractivity contribution in [3.8, 4) is 0 Å². The first-order valence-corrected chi connectivity index (χ1v) is 6.03. The third kappa shape index (κ3) is 2.56. The van der Waals surface area contributed by atoms with Crippen LogP contribution in [0, 0.1) is 6.92 Å². The Labute approximate surface area is 103 Å². The van der Waals surface area contributed by atoms with Gasteiger partial charge in [0.25, 0.3) is 0 Å². The lowest BCUT2D eigenvalue weighted by molar-refractivity contribution is 1.26. The van der Waals surface area contributed by atoms with E-state index in [-0.39, 0.29) is 0 Å². The summed E-state index contributed by atoms with van der Waals surface area (Å²) in [4.78, 5) is 4.73. The quantitative estimate of drug-likeness (QED) is 0.821. The number of aryl methyl sites for hydroxylation is 1. The number of nitrogens with zero attached hydrogens (tertiary/aromatic N) is 1. The molecule has 0 amide bonds. The van der Waals surface area contributed by atoms with Crippen molar-refractivity contribution in [2.75, 3.05) is 5.32 Å². The van der Waals surface area contributed by atoms with Gasteiger partial charge in [-0.25, -0.2) is 4.98 Å². The number of thiazole rings is 1. The van der Waals surface area contributed by atoms with Crippen LogP contribution in [0.25, 0.3) is 0 Å². The van der Waals surface area contributed by atoms with Crippen molar-refractivity contribution in [3.63, 3.8) is 0 Å². The molecule has 0 saturated heterocycles. The van der Waals surface area contributed by atoms with Gasteiger partial charge in [0.2, 0.25) is 0 Å². The zero-order chi connectivity index (χ0) is 11.5. The van der Waals surface area contributed by atoms with Crippen molar-refractivity contribution in [2.24, 2.45) is 5.73 Å². The maximum atomic E-state index is 5.52. The molecule has 0 unspecified atom stereocenters. The number of benzene rings is 1. The molecular formula is C11H11N3S2. The van der Waals surface area contributed by atoms with E-state index < -0.39 is 0 Å². The predicted molar refractivity (Wildman–Crippen MR) is 72.5 cm³/mol. The van der Waals surface area contributed by atoms with Crippen LogP contribution in [0.3, 0.4) is 0 Å². The van der Waals surface area contributed by atoms with E-state index >= 15 is 0 Å². The molecule has 0 aliphatic carbocycles. The van der Waals surface area contributed by atoms with Crippen molar-refractivity contribution in [1.82, 2.24) is 4.98 Å². The largest absolute Gasteiger partial charge is 0.389 e. The molecule has 2 rings (SSSR count). The number of anilines is 2. The Hall–Kier alpha value is -1.46. The molecule has 0 fully saturated rings. The summed E-state index contributed by atoms with van der Waals surface area (Å²) < 4.78 is 0. The van der Waals surface area contributed by atoms with Crippen LogP contribution in [0.1, 0.15) is 11.3 Å². The first-order valence-electron chi connectivity index (χ1n) is 4.74. The van der Waals surface area contributed by atoms with Crippen molar-refractivity contribution >= 4 is 39.4 Å². The number of hydrogen-bond donors (Lipinski definition) is 2. The van der Waals surface area contributed by atoms with Crippen LogP contribution in [-0.4, -0.2) is 9.97 Å². The van der Waals surface area contributed by atoms with Crippen LogP contribution in [0.5, 0.6) is 0 Å². The zero-order valence-corrected chi connectivity index (χ0v) is 10.4. The Morgan fingerprint density at radius 2 is 2.06 bits per heavy atom. The lowest BCUT2D eigenvalue weighted by Gasteiger charge is -2.03. The monoisotopic (exact) mass is 249 g/mol. The van der Waals surface area contributed by atoms with Gasteiger partial charge in [-0.3, -0.25) is 0 Å². The second kappa shape index (κ2) is 4.59. The van der Waals surface area contributed by atoms with Crippen LogP contribution in [0.15, 0.2) is 29.6 Å². The standard InChI is InChI=1S/C11H11N3S2/c1-7-6-16-11(13-7)14-9-4-2-8(3-5-9)10(12)15/h2-6H,1H3,(H2,12,15)(H,13,14). The molecule has 5 heteroatoms. The zero-order valence-electron chi connectivity index (χ0n) is 8.73. The van der Waals surface area contributed by atoms with E-state index in [0.717, 1.165) is 22.1 Å². The van der Waals surface area contributed by atoms with Crippen molar-refractivity contribution < 1.29 is 0 Å². The fourth-order valence-electron chi connectivity index (χ4n) is 1.25. The Balaban J connectivity index is 2.14. The van der Waals surface area contributed by atoms with Crippen LogP contribution in [0.2, 0.25) is 0 Å². The van der Waals surface area contributed by atoms with Gasteiger partial charge >= 0.3 is 0 Å². The van der Waals surface area contributed by atoms with Crippen LogP contribution in [0.4, 0.5) is 10.8 Å². The van der Waals surface area contributed by atoms with E-state index in [2.05, 4.69) is 10.3 Å². The number of thiocarbonyl (C=S) groups is 1. The Morgan fingerprint density at radius 3 is 2.56 bits per heavy atom. The average Bonchev–Trinajstić information content (AvgIpc) is 2.65. The van der Waals surface area contributed by atoms with Crippen LogP contribution in [-0.2, 0) is 0 Å². The highest BCUT2D eigenvalue weighted by Crippen LogP contribution is 2.20. The summed E-state index contributed by atoms with van der Waals surface area (Å²) in [6, 6.07) is 7.66. The minimum absolute atomic E-state index is 0.414. The van der Waals surface area contributed by atoms with Gasteiger partial charge in [0.1, 0.15) is 4.99 Å². The van der Waals surface area contributed by atoms with Crippen molar-refractivity contribution in [1.29, 1.82) is 0 Å². The fourth-order valence-corrected chi connectivity index (χ4v) is 2.10. The molecule has 3 N–H and O–H groups in total. The summed E-state index contributed by atoms with van der Waals surface area (Å²) in [5, 5.41) is 6.11. The molecule has 0 radical (unpaired) electrons. The van der Waals surface area contributed by atoms with Gasteiger partial charge in [-0.15, -0.1) is 11.3 Å². The van der Waals surface area contributed by atoms with E-state index in [1.165, 1.54) is 0 Å². The molecule has 1 heterocycles. The highest BCUT2D eigenvalue weighted by Gasteiger charge is 2.00. The number of nitrogens with two attached hydrogens (primary N) is 1. The van der Waals surface area contributed by atoms with Gasteiger partial charge in [-0.05, 0) is 31.2 Å². The molecule has 0 aliphatic heterocycles. The smallest absolute Gasteiger partial charge is 0.187 e. The summed E-state index contributed by atoms with van der Waals surface area (Å²) >= 11 is 6.47. The summed E-state index contributed by atoms with van der Waals surface area (Å²) in [5.74, 6) is 0. The summed E-state index contributed by atoms with van der Waals surface area (Å²) in [7, 11) is 0. The van der Waals surface area contributed by atoms with E-state index in [9.17, 15) is 0 Å². The maximum Gasteiger partial charge on any atom is 0.187 e. The highest BCUT2D eigenvalue weighted by molar-refractivity contribution is 7.80. The lowest BCUT2D eigenvalue weighted by Crippen LogP contribution is -2.08. The van der Waals surface area contributed by atoms with Gasteiger partial charge in [0, 0.05) is 16.6 Å². The lowest BCUT2D eigenvalue weighted by atomic mass is 10.2. The summed E-state index contributed by atoms with van der Waals surface area (Å²) in [5.41, 5.74) is 8.39. The second-order valence-electron chi connectivity index (χ2n) is 3.36.